The van der Waals surface area contributed by atoms with Crippen molar-refractivity contribution in [1.29, 1.82) is 0 Å². The van der Waals surface area contributed by atoms with Crippen LogP contribution in [0.2, 0.25) is 0 Å². The summed E-state index contributed by atoms with van der Waals surface area (Å²) >= 11 is 0. The summed E-state index contributed by atoms with van der Waals surface area (Å²) in [5.74, 6) is 0. The maximum absolute atomic E-state index is 2.46. The van der Waals surface area contributed by atoms with Crippen molar-refractivity contribution < 1.29 is 0 Å². The number of hydrogen-bond donors (Lipinski definition) is 0. The third-order valence-corrected chi connectivity index (χ3v) is 5.43. The molecule has 25 heavy (non-hydrogen) atoms. The molecule has 1 aliphatic heterocycles. The van der Waals surface area contributed by atoms with E-state index in [2.05, 4.69) is 37.1 Å². The van der Waals surface area contributed by atoms with Crippen LogP contribution in [0.1, 0.15) is 117 Å². The molecule has 0 fully saturated rings. The summed E-state index contributed by atoms with van der Waals surface area (Å²) in [6, 6.07) is 0. The highest BCUT2D eigenvalue weighted by Gasteiger charge is 2.03. The molecule has 0 aromatic heterocycles. The molecule has 1 rings (SSSR count). The molecule has 0 amide bonds. The van der Waals surface area contributed by atoms with Gasteiger partial charge in [0.05, 0.1) is 0 Å². The average molecular weight is 348 g/mol. The van der Waals surface area contributed by atoms with E-state index in [0.717, 1.165) is 6.54 Å². The Morgan fingerprint density at radius 2 is 1.12 bits per heavy atom. The summed E-state index contributed by atoms with van der Waals surface area (Å²) in [5, 5.41) is 0. The molecule has 0 unspecified atom stereocenters. The summed E-state index contributed by atoms with van der Waals surface area (Å²) in [7, 11) is 0. The quantitative estimate of drug-likeness (QED) is 0.241. The van der Waals surface area contributed by atoms with Crippen molar-refractivity contribution in [2.45, 2.75) is 117 Å². The molecular weight excluding hydrogens is 302 g/mol. The summed E-state index contributed by atoms with van der Waals surface area (Å²) in [5.41, 5.74) is 1.49. The Morgan fingerprint density at radius 3 is 1.56 bits per heavy atom. The SMILES string of the molecule is CCCCCCCCCCCCCCCCCCN1C=CC=C(C)C1. The smallest absolute Gasteiger partial charge is 0.0383 e. The van der Waals surface area contributed by atoms with Crippen LogP contribution in [0.3, 0.4) is 0 Å². The Kier molecular flexibility index (Phi) is 14.9. The summed E-state index contributed by atoms with van der Waals surface area (Å²) in [6.07, 6.45) is 29.8. The van der Waals surface area contributed by atoms with E-state index in [0.29, 0.717) is 0 Å². The van der Waals surface area contributed by atoms with Gasteiger partial charge in [-0.1, -0.05) is 115 Å². The van der Waals surface area contributed by atoms with Gasteiger partial charge >= 0.3 is 0 Å². The first-order valence-electron chi connectivity index (χ1n) is 11.4. The lowest BCUT2D eigenvalue weighted by Gasteiger charge is -2.23. The first-order chi connectivity index (χ1) is 12.3. The number of hydrogen-bond acceptors (Lipinski definition) is 1. The van der Waals surface area contributed by atoms with Gasteiger partial charge in [-0.25, -0.2) is 0 Å². The highest BCUT2D eigenvalue weighted by atomic mass is 15.1. The predicted molar refractivity (Wildman–Crippen MR) is 114 cm³/mol. The second kappa shape index (κ2) is 16.7. The van der Waals surface area contributed by atoms with Crippen LogP contribution in [-0.2, 0) is 0 Å². The van der Waals surface area contributed by atoms with E-state index in [4.69, 9.17) is 0 Å². The van der Waals surface area contributed by atoms with Crippen molar-refractivity contribution in [1.82, 2.24) is 4.90 Å². The van der Waals surface area contributed by atoms with Crippen molar-refractivity contribution in [3.05, 3.63) is 23.9 Å². The first-order valence-corrected chi connectivity index (χ1v) is 11.4. The van der Waals surface area contributed by atoms with Crippen LogP contribution in [0.4, 0.5) is 0 Å². The van der Waals surface area contributed by atoms with Crippen LogP contribution in [0.15, 0.2) is 23.9 Å². The van der Waals surface area contributed by atoms with Gasteiger partial charge in [0.1, 0.15) is 0 Å². The van der Waals surface area contributed by atoms with Gasteiger partial charge in [-0.2, -0.15) is 0 Å². The normalized spacial score (nSPS) is 14.2. The Labute approximate surface area is 159 Å². The lowest BCUT2D eigenvalue weighted by Crippen LogP contribution is -2.22. The first kappa shape index (κ1) is 22.3. The highest BCUT2D eigenvalue weighted by Crippen LogP contribution is 2.14. The summed E-state index contributed by atoms with van der Waals surface area (Å²) < 4.78 is 0. The molecule has 0 N–H and O–H groups in total. The Bertz CT molecular complexity index is 342. The molecular formula is C24H45N. The molecule has 0 saturated heterocycles. The number of allylic oxidation sites excluding steroid dienone is 2. The number of unbranched alkanes of at least 4 members (excludes halogenated alkanes) is 15. The molecule has 146 valence electrons. The molecule has 0 atom stereocenters. The Morgan fingerprint density at radius 1 is 0.680 bits per heavy atom. The molecule has 0 spiro atoms. The maximum atomic E-state index is 2.46. The predicted octanol–water partition coefficient (Wildman–Crippen LogP) is 8.02. The highest BCUT2D eigenvalue weighted by molar-refractivity contribution is 5.16. The molecule has 1 nitrogen and oxygen atoms in total. The molecule has 0 aromatic carbocycles. The van der Waals surface area contributed by atoms with Gasteiger partial charge in [-0.3, -0.25) is 0 Å². The summed E-state index contributed by atoms with van der Waals surface area (Å²) in [4.78, 5) is 2.46. The lowest BCUT2D eigenvalue weighted by molar-refractivity contribution is 0.383. The van der Waals surface area contributed by atoms with E-state index in [1.54, 1.807) is 0 Å². The van der Waals surface area contributed by atoms with Gasteiger partial charge in [-0.15, -0.1) is 0 Å². The van der Waals surface area contributed by atoms with Crippen LogP contribution in [0.5, 0.6) is 0 Å². The van der Waals surface area contributed by atoms with E-state index in [-0.39, 0.29) is 0 Å². The largest absolute Gasteiger partial charge is 0.373 e. The third kappa shape index (κ3) is 14.2. The van der Waals surface area contributed by atoms with E-state index in [1.165, 1.54) is 115 Å². The fraction of sp³-hybridized carbons (Fsp3) is 0.833. The van der Waals surface area contributed by atoms with Crippen molar-refractivity contribution in [3.8, 4) is 0 Å². The van der Waals surface area contributed by atoms with Crippen molar-refractivity contribution in [3.63, 3.8) is 0 Å². The number of rotatable bonds is 17. The van der Waals surface area contributed by atoms with E-state index in [9.17, 15) is 0 Å². The standard InChI is InChI=1S/C24H45N/c1-3-4-5-6-7-8-9-10-11-12-13-14-15-16-17-18-21-25-22-19-20-24(2)23-25/h19-20,22H,3-18,21,23H2,1-2H3. The van der Waals surface area contributed by atoms with Gasteiger partial charge in [0.25, 0.3) is 0 Å². The minimum atomic E-state index is 1.13. The fourth-order valence-electron chi connectivity index (χ4n) is 3.77. The number of nitrogens with zero attached hydrogens (tertiary/aromatic N) is 1. The van der Waals surface area contributed by atoms with Gasteiger partial charge in [-0.05, 0) is 25.6 Å². The van der Waals surface area contributed by atoms with Gasteiger partial charge < -0.3 is 4.90 Å². The van der Waals surface area contributed by atoms with Gasteiger partial charge in [0.2, 0.25) is 0 Å². The zero-order valence-electron chi connectivity index (χ0n) is 17.4. The van der Waals surface area contributed by atoms with Crippen LogP contribution < -0.4 is 0 Å². The van der Waals surface area contributed by atoms with Crippen molar-refractivity contribution in [2.75, 3.05) is 13.1 Å². The lowest BCUT2D eigenvalue weighted by atomic mass is 10.0. The average Bonchev–Trinajstić information content (AvgIpc) is 2.61. The Balaban J connectivity index is 1.71. The van der Waals surface area contributed by atoms with Crippen molar-refractivity contribution in [2.24, 2.45) is 0 Å². The second-order valence-electron chi connectivity index (χ2n) is 8.13. The Hall–Kier alpha value is -0.720. The minimum absolute atomic E-state index is 1.13. The molecule has 0 radical (unpaired) electrons. The van der Waals surface area contributed by atoms with Gasteiger partial charge in [0, 0.05) is 13.1 Å². The van der Waals surface area contributed by atoms with Crippen LogP contribution in [0.25, 0.3) is 0 Å². The zero-order valence-corrected chi connectivity index (χ0v) is 17.4. The maximum Gasteiger partial charge on any atom is 0.0383 e. The van der Waals surface area contributed by atoms with E-state index < -0.39 is 0 Å². The van der Waals surface area contributed by atoms with E-state index in [1.807, 2.05) is 0 Å². The van der Waals surface area contributed by atoms with Crippen LogP contribution in [0, 0.1) is 0 Å². The minimum Gasteiger partial charge on any atom is -0.373 e. The molecule has 0 aromatic rings. The summed E-state index contributed by atoms with van der Waals surface area (Å²) in [6.45, 7) is 6.89. The molecule has 1 aliphatic rings. The van der Waals surface area contributed by atoms with E-state index >= 15 is 0 Å². The zero-order chi connectivity index (χ0) is 18.0. The molecule has 0 aliphatic carbocycles. The topological polar surface area (TPSA) is 3.24 Å². The van der Waals surface area contributed by atoms with Crippen molar-refractivity contribution >= 4 is 0 Å². The molecule has 1 heteroatoms. The second-order valence-corrected chi connectivity index (χ2v) is 8.13. The van der Waals surface area contributed by atoms with Crippen LogP contribution in [-0.4, -0.2) is 18.0 Å². The van der Waals surface area contributed by atoms with Gasteiger partial charge in [0.15, 0.2) is 0 Å². The molecule has 1 heterocycles. The fourth-order valence-corrected chi connectivity index (χ4v) is 3.77. The third-order valence-electron chi connectivity index (χ3n) is 5.43. The molecule has 0 saturated carbocycles. The molecule has 0 bridgehead atoms. The monoisotopic (exact) mass is 347 g/mol. The van der Waals surface area contributed by atoms with Crippen LogP contribution >= 0.6 is 0 Å².